The minimum Gasteiger partial charge on any atom is -0.497 e. The van der Waals surface area contributed by atoms with Crippen molar-refractivity contribution < 1.29 is 4.74 Å². The zero-order valence-corrected chi connectivity index (χ0v) is 11.1. The molecule has 2 heterocycles. The fraction of sp³-hybridized carbons (Fsp3) is 0.462. The lowest BCUT2D eigenvalue weighted by molar-refractivity contribution is 0.415. The Hall–Kier alpha value is -1.36. The topological polar surface area (TPSA) is 47.0 Å². The van der Waals surface area contributed by atoms with Gasteiger partial charge in [0.1, 0.15) is 5.75 Å². The Bertz CT molecular complexity index is 611. The van der Waals surface area contributed by atoms with Crippen LogP contribution in [0.5, 0.6) is 5.75 Å². The van der Waals surface area contributed by atoms with Gasteiger partial charge in [0, 0.05) is 12.6 Å². The van der Waals surface area contributed by atoms with Crippen molar-refractivity contribution in [2.45, 2.75) is 13.0 Å². The van der Waals surface area contributed by atoms with Crippen LogP contribution < -0.4 is 10.4 Å². The van der Waals surface area contributed by atoms with E-state index >= 15 is 0 Å². The predicted octanol–water partition coefficient (Wildman–Crippen LogP) is 2.09. The van der Waals surface area contributed by atoms with Crippen molar-refractivity contribution in [1.82, 2.24) is 9.55 Å². The first-order chi connectivity index (χ1) is 8.78. The number of fused-ring (bicyclic) bond motifs is 1. The van der Waals surface area contributed by atoms with Crippen molar-refractivity contribution in [3.63, 3.8) is 0 Å². The van der Waals surface area contributed by atoms with Gasteiger partial charge in [-0.1, -0.05) is 0 Å². The van der Waals surface area contributed by atoms with Gasteiger partial charge in [-0.25, -0.2) is 4.79 Å². The van der Waals surface area contributed by atoms with Crippen LogP contribution in [-0.4, -0.2) is 28.2 Å². The predicted molar refractivity (Wildman–Crippen MR) is 74.5 cm³/mol. The maximum atomic E-state index is 12.0. The molecule has 1 aromatic carbocycles. The molecule has 1 N–H and O–H groups in total. The van der Waals surface area contributed by atoms with E-state index in [1.165, 1.54) is 12.2 Å². The number of aromatic amines is 1. The molecule has 2 aromatic rings. The van der Waals surface area contributed by atoms with Crippen LogP contribution in [0, 0.1) is 5.92 Å². The van der Waals surface area contributed by atoms with E-state index in [-0.39, 0.29) is 5.69 Å². The third-order valence-corrected chi connectivity index (χ3v) is 4.68. The molecule has 0 amide bonds. The Morgan fingerprint density at radius 1 is 1.56 bits per heavy atom. The molecule has 18 heavy (non-hydrogen) atoms. The fourth-order valence-corrected chi connectivity index (χ4v) is 3.71. The van der Waals surface area contributed by atoms with E-state index in [0.717, 1.165) is 29.1 Å². The maximum absolute atomic E-state index is 12.0. The third kappa shape index (κ3) is 2.03. The number of methoxy groups -OCH3 is 1. The molecule has 1 aliphatic rings. The van der Waals surface area contributed by atoms with Gasteiger partial charge in [-0.15, -0.1) is 0 Å². The third-order valence-electron chi connectivity index (χ3n) is 3.45. The van der Waals surface area contributed by atoms with Crippen molar-refractivity contribution in [1.29, 1.82) is 0 Å². The molecule has 4 nitrogen and oxygen atoms in total. The molecule has 0 aliphatic carbocycles. The highest BCUT2D eigenvalue weighted by Gasteiger charge is 2.18. The summed E-state index contributed by atoms with van der Waals surface area (Å²) < 4.78 is 7.02. The molecule has 3 rings (SSSR count). The average molecular weight is 264 g/mol. The zero-order valence-electron chi connectivity index (χ0n) is 10.3. The van der Waals surface area contributed by atoms with Crippen LogP contribution in [0.4, 0.5) is 0 Å². The van der Waals surface area contributed by atoms with E-state index in [4.69, 9.17) is 4.74 Å². The molecule has 1 saturated heterocycles. The Kier molecular flexibility index (Phi) is 3.07. The summed E-state index contributed by atoms with van der Waals surface area (Å²) in [5.74, 6) is 3.77. The highest BCUT2D eigenvalue weighted by atomic mass is 32.2. The number of hydrogen-bond donors (Lipinski definition) is 1. The Balaban J connectivity index is 2.00. The van der Waals surface area contributed by atoms with E-state index < -0.39 is 0 Å². The summed E-state index contributed by atoms with van der Waals surface area (Å²) in [5, 5.41) is 0. The molecule has 0 bridgehead atoms. The molecule has 1 aromatic heterocycles. The molecule has 1 unspecified atom stereocenters. The number of nitrogens with one attached hydrogen (secondary N) is 1. The van der Waals surface area contributed by atoms with Gasteiger partial charge in [-0.3, -0.25) is 4.57 Å². The molecular formula is C13H16N2O2S. The molecule has 0 saturated carbocycles. The lowest BCUT2D eigenvalue weighted by Gasteiger charge is -2.09. The standard InChI is InChI=1S/C13H16N2O2S/c1-17-10-2-3-12-11(6-10)14-13(16)15(12)7-9-4-5-18-8-9/h2-3,6,9H,4-5,7-8H2,1H3,(H,14,16). The molecule has 0 spiro atoms. The second-order valence-electron chi connectivity index (χ2n) is 4.65. The normalized spacial score (nSPS) is 19.5. The van der Waals surface area contributed by atoms with Gasteiger partial charge in [0.25, 0.3) is 0 Å². The minimum absolute atomic E-state index is 0.0184. The van der Waals surface area contributed by atoms with Crippen LogP contribution in [0.25, 0.3) is 11.0 Å². The van der Waals surface area contributed by atoms with Crippen LogP contribution in [0.15, 0.2) is 23.0 Å². The van der Waals surface area contributed by atoms with Crippen molar-refractivity contribution in [2.75, 3.05) is 18.6 Å². The van der Waals surface area contributed by atoms with Crippen LogP contribution in [-0.2, 0) is 6.54 Å². The molecule has 1 atom stereocenters. The van der Waals surface area contributed by atoms with Crippen molar-refractivity contribution in [2.24, 2.45) is 5.92 Å². The largest absolute Gasteiger partial charge is 0.497 e. The second-order valence-corrected chi connectivity index (χ2v) is 5.80. The number of hydrogen-bond acceptors (Lipinski definition) is 3. The van der Waals surface area contributed by atoms with Crippen LogP contribution in [0.3, 0.4) is 0 Å². The number of thioether (sulfide) groups is 1. The first-order valence-electron chi connectivity index (χ1n) is 6.12. The first kappa shape index (κ1) is 11.7. The smallest absolute Gasteiger partial charge is 0.326 e. The summed E-state index contributed by atoms with van der Waals surface area (Å²) in [7, 11) is 1.63. The van der Waals surface area contributed by atoms with Gasteiger partial charge >= 0.3 is 5.69 Å². The highest BCUT2D eigenvalue weighted by molar-refractivity contribution is 7.99. The van der Waals surface area contributed by atoms with Gasteiger partial charge in [0.15, 0.2) is 0 Å². The number of H-pyrrole nitrogens is 1. The fourth-order valence-electron chi connectivity index (χ4n) is 2.44. The minimum atomic E-state index is -0.0184. The van der Waals surface area contributed by atoms with Gasteiger partial charge in [0.05, 0.1) is 18.1 Å². The quantitative estimate of drug-likeness (QED) is 0.923. The monoisotopic (exact) mass is 264 g/mol. The number of benzene rings is 1. The molecule has 1 aliphatic heterocycles. The first-order valence-corrected chi connectivity index (χ1v) is 7.27. The van der Waals surface area contributed by atoms with Crippen molar-refractivity contribution >= 4 is 22.8 Å². The average Bonchev–Trinajstić information content (AvgIpc) is 2.98. The summed E-state index contributed by atoms with van der Waals surface area (Å²) in [6.07, 6.45) is 1.21. The van der Waals surface area contributed by atoms with Gasteiger partial charge in [-0.05, 0) is 36.0 Å². The van der Waals surface area contributed by atoms with E-state index in [0.29, 0.717) is 5.92 Å². The van der Waals surface area contributed by atoms with Gasteiger partial charge in [-0.2, -0.15) is 11.8 Å². The summed E-state index contributed by atoms with van der Waals surface area (Å²) >= 11 is 1.98. The van der Waals surface area contributed by atoms with Crippen LogP contribution >= 0.6 is 11.8 Å². The summed E-state index contributed by atoms with van der Waals surface area (Å²) in [6, 6.07) is 5.72. The molecule has 5 heteroatoms. The van der Waals surface area contributed by atoms with Gasteiger partial charge in [0.2, 0.25) is 0 Å². The van der Waals surface area contributed by atoms with E-state index in [1.54, 1.807) is 7.11 Å². The second kappa shape index (κ2) is 4.72. The SMILES string of the molecule is COc1ccc2c(c1)[nH]c(=O)n2CC1CCSC1. The molecule has 0 radical (unpaired) electrons. The van der Waals surface area contributed by atoms with Crippen LogP contribution in [0.1, 0.15) is 6.42 Å². The molecule has 96 valence electrons. The van der Waals surface area contributed by atoms with E-state index in [2.05, 4.69) is 4.98 Å². The lowest BCUT2D eigenvalue weighted by Crippen LogP contribution is -2.21. The Morgan fingerprint density at radius 2 is 2.44 bits per heavy atom. The number of aromatic nitrogens is 2. The number of ether oxygens (including phenoxy) is 1. The van der Waals surface area contributed by atoms with Crippen LogP contribution in [0.2, 0.25) is 0 Å². The summed E-state index contributed by atoms with van der Waals surface area (Å²) in [6.45, 7) is 0.818. The van der Waals surface area contributed by atoms with Crippen molar-refractivity contribution in [3.05, 3.63) is 28.7 Å². The summed E-state index contributed by atoms with van der Waals surface area (Å²) in [4.78, 5) is 14.9. The van der Waals surface area contributed by atoms with Crippen molar-refractivity contribution in [3.8, 4) is 5.75 Å². The Labute approximate surface area is 109 Å². The number of imidazole rings is 1. The maximum Gasteiger partial charge on any atom is 0.326 e. The van der Waals surface area contributed by atoms with E-state index in [1.807, 2.05) is 34.5 Å². The number of rotatable bonds is 3. The summed E-state index contributed by atoms with van der Waals surface area (Å²) in [5.41, 5.74) is 1.80. The van der Waals surface area contributed by atoms with Gasteiger partial charge < -0.3 is 9.72 Å². The van der Waals surface area contributed by atoms with E-state index in [9.17, 15) is 4.79 Å². The highest BCUT2D eigenvalue weighted by Crippen LogP contribution is 2.26. The Morgan fingerprint density at radius 3 is 3.17 bits per heavy atom. The zero-order chi connectivity index (χ0) is 12.5. The number of nitrogens with zero attached hydrogens (tertiary/aromatic N) is 1. The molecule has 1 fully saturated rings. The lowest BCUT2D eigenvalue weighted by atomic mass is 10.1. The molecular weight excluding hydrogens is 248 g/mol.